The minimum atomic E-state index is 0.496. The fraction of sp³-hybridized carbons (Fsp3) is 0.667. The maximum atomic E-state index is 5.50. The molecule has 26 heavy (non-hydrogen) atoms. The van der Waals surface area contributed by atoms with Gasteiger partial charge in [0.05, 0.1) is 25.5 Å². The molecule has 144 valence electrons. The van der Waals surface area contributed by atoms with E-state index in [9.17, 15) is 0 Å². The fourth-order valence-electron chi connectivity index (χ4n) is 3.32. The summed E-state index contributed by atoms with van der Waals surface area (Å²) in [5.41, 5.74) is 1.02. The Kier molecular flexibility index (Phi) is 6.87. The largest absolute Gasteiger partial charge is 0.379 e. The molecule has 0 aromatic carbocycles. The van der Waals surface area contributed by atoms with Crippen LogP contribution in [0.5, 0.6) is 0 Å². The van der Waals surface area contributed by atoms with Crippen LogP contribution in [0, 0.1) is 5.92 Å². The Balaban J connectivity index is 1.51. The van der Waals surface area contributed by atoms with Gasteiger partial charge in [0.25, 0.3) is 0 Å². The highest BCUT2D eigenvalue weighted by atomic mass is 32.1. The van der Waals surface area contributed by atoms with Crippen LogP contribution in [0.1, 0.15) is 26.0 Å². The van der Waals surface area contributed by atoms with Gasteiger partial charge in [-0.25, -0.2) is 4.98 Å². The maximum absolute atomic E-state index is 5.50. The van der Waals surface area contributed by atoms with Gasteiger partial charge >= 0.3 is 0 Å². The van der Waals surface area contributed by atoms with Crippen LogP contribution in [-0.2, 0) is 11.3 Å². The second-order valence-electron chi connectivity index (χ2n) is 7.06. The van der Waals surface area contributed by atoms with Crippen molar-refractivity contribution in [3.63, 3.8) is 0 Å². The van der Waals surface area contributed by atoms with E-state index in [2.05, 4.69) is 50.0 Å². The average molecular weight is 379 g/mol. The van der Waals surface area contributed by atoms with Gasteiger partial charge in [0.1, 0.15) is 0 Å². The van der Waals surface area contributed by atoms with Crippen LogP contribution in [-0.4, -0.2) is 66.2 Å². The minimum Gasteiger partial charge on any atom is -0.379 e. The van der Waals surface area contributed by atoms with Gasteiger partial charge in [0.2, 0.25) is 0 Å². The Labute approximate surface area is 159 Å². The third kappa shape index (κ3) is 5.18. The molecule has 3 rings (SSSR count). The monoisotopic (exact) mass is 378 g/mol. The lowest BCUT2D eigenvalue weighted by molar-refractivity contribution is 0.0132. The highest BCUT2D eigenvalue weighted by Gasteiger charge is 2.22. The average Bonchev–Trinajstić information content (AvgIpc) is 3.23. The van der Waals surface area contributed by atoms with Crippen LogP contribution in [0.3, 0.4) is 0 Å². The van der Waals surface area contributed by atoms with E-state index >= 15 is 0 Å². The molecular weight excluding hydrogens is 348 g/mol. The van der Waals surface area contributed by atoms with Crippen LogP contribution in [0.15, 0.2) is 22.8 Å². The molecular formula is C18H30N6OS. The van der Waals surface area contributed by atoms with E-state index in [1.807, 2.05) is 18.6 Å². The second-order valence-corrected chi connectivity index (χ2v) is 7.94. The standard InChI is InChI=1S/C18H30N6OS/c1-14(2)10-16(23-4-7-25-8-5-23)12-21-17(19-3)20-11-15-13-24-6-9-26-18(24)22-15/h6,9,13-14,16H,4-5,7-8,10-12H2,1-3H3,(H2,19,20,21). The first-order valence-electron chi connectivity index (χ1n) is 9.33. The van der Waals surface area contributed by atoms with Crippen LogP contribution in [0.4, 0.5) is 0 Å². The summed E-state index contributed by atoms with van der Waals surface area (Å²) in [7, 11) is 1.81. The zero-order chi connectivity index (χ0) is 18.4. The van der Waals surface area contributed by atoms with Crippen molar-refractivity contribution in [2.45, 2.75) is 32.9 Å². The molecule has 8 heteroatoms. The Morgan fingerprint density at radius 3 is 2.85 bits per heavy atom. The van der Waals surface area contributed by atoms with Gasteiger partial charge in [-0.15, -0.1) is 11.3 Å². The van der Waals surface area contributed by atoms with Gasteiger partial charge in [-0.05, 0) is 12.3 Å². The van der Waals surface area contributed by atoms with Crippen LogP contribution in [0.2, 0.25) is 0 Å². The summed E-state index contributed by atoms with van der Waals surface area (Å²) < 4.78 is 7.55. The molecule has 0 saturated carbocycles. The zero-order valence-corrected chi connectivity index (χ0v) is 16.8. The number of thiazole rings is 1. The van der Waals surface area contributed by atoms with Crippen molar-refractivity contribution in [2.75, 3.05) is 39.9 Å². The Hall–Kier alpha value is -1.64. The molecule has 1 aliphatic rings. The van der Waals surface area contributed by atoms with E-state index in [1.165, 1.54) is 6.42 Å². The van der Waals surface area contributed by atoms with Crippen LogP contribution >= 0.6 is 11.3 Å². The number of morpholine rings is 1. The molecule has 1 aliphatic heterocycles. The predicted octanol–water partition coefficient (Wildman–Crippen LogP) is 1.81. The molecule has 2 aromatic heterocycles. The third-order valence-electron chi connectivity index (χ3n) is 4.61. The number of aliphatic imine (C=N–C) groups is 1. The van der Waals surface area contributed by atoms with Crippen molar-refractivity contribution in [1.82, 2.24) is 24.9 Å². The lowest BCUT2D eigenvalue weighted by Crippen LogP contribution is -2.51. The van der Waals surface area contributed by atoms with Crippen molar-refractivity contribution in [3.05, 3.63) is 23.5 Å². The van der Waals surface area contributed by atoms with Crippen molar-refractivity contribution < 1.29 is 4.74 Å². The number of fused-ring (bicyclic) bond motifs is 1. The molecule has 2 N–H and O–H groups in total. The molecule has 0 spiro atoms. The Morgan fingerprint density at radius 1 is 1.35 bits per heavy atom. The van der Waals surface area contributed by atoms with Crippen LogP contribution < -0.4 is 10.6 Å². The van der Waals surface area contributed by atoms with E-state index in [-0.39, 0.29) is 0 Å². The van der Waals surface area contributed by atoms with Crippen LogP contribution in [0.25, 0.3) is 4.96 Å². The van der Waals surface area contributed by atoms with Crippen molar-refractivity contribution in [2.24, 2.45) is 10.9 Å². The molecule has 2 aromatic rings. The summed E-state index contributed by atoms with van der Waals surface area (Å²) in [5.74, 6) is 1.49. The molecule has 3 heterocycles. The summed E-state index contributed by atoms with van der Waals surface area (Å²) >= 11 is 1.65. The van der Waals surface area contributed by atoms with E-state index in [4.69, 9.17) is 4.74 Å². The molecule has 1 fully saturated rings. The maximum Gasteiger partial charge on any atom is 0.193 e. The van der Waals surface area contributed by atoms with E-state index in [1.54, 1.807) is 11.3 Å². The summed E-state index contributed by atoms with van der Waals surface area (Å²) in [4.78, 5) is 12.5. The molecule has 0 radical (unpaired) electrons. The van der Waals surface area contributed by atoms with Gasteiger partial charge in [0, 0.05) is 50.5 Å². The number of hydrogen-bond acceptors (Lipinski definition) is 5. The minimum absolute atomic E-state index is 0.496. The summed E-state index contributed by atoms with van der Waals surface area (Å²) in [6, 6.07) is 0.496. The SMILES string of the molecule is CN=C(NCc1cn2ccsc2n1)NCC(CC(C)C)N1CCOCC1. The van der Waals surface area contributed by atoms with Crippen molar-refractivity contribution in [3.8, 4) is 0 Å². The number of hydrogen-bond donors (Lipinski definition) is 2. The zero-order valence-electron chi connectivity index (χ0n) is 15.9. The quantitative estimate of drug-likeness (QED) is 0.568. The summed E-state index contributed by atoms with van der Waals surface area (Å²) in [6.45, 7) is 9.80. The molecule has 0 amide bonds. The number of guanidine groups is 1. The van der Waals surface area contributed by atoms with Gasteiger partial charge < -0.3 is 15.4 Å². The van der Waals surface area contributed by atoms with E-state index in [0.717, 1.165) is 49.5 Å². The molecule has 1 saturated heterocycles. The first-order valence-corrected chi connectivity index (χ1v) is 10.2. The van der Waals surface area contributed by atoms with Crippen molar-refractivity contribution >= 4 is 22.3 Å². The topological polar surface area (TPSA) is 66.2 Å². The van der Waals surface area contributed by atoms with E-state index < -0.39 is 0 Å². The third-order valence-corrected chi connectivity index (χ3v) is 5.39. The molecule has 0 bridgehead atoms. The first-order chi connectivity index (χ1) is 12.7. The van der Waals surface area contributed by atoms with Gasteiger partial charge in [-0.2, -0.15) is 0 Å². The van der Waals surface area contributed by atoms with Gasteiger partial charge in [-0.3, -0.25) is 14.3 Å². The number of nitrogens with one attached hydrogen (secondary N) is 2. The number of ether oxygens (including phenoxy) is 1. The highest BCUT2D eigenvalue weighted by Crippen LogP contribution is 2.13. The van der Waals surface area contributed by atoms with Gasteiger partial charge in [-0.1, -0.05) is 13.8 Å². The number of aromatic nitrogens is 2. The smallest absolute Gasteiger partial charge is 0.193 e. The summed E-state index contributed by atoms with van der Waals surface area (Å²) in [5, 5.41) is 8.91. The molecule has 1 unspecified atom stereocenters. The predicted molar refractivity (Wildman–Crippen MR) is 107 cm³/mol. The van der Waals surface area contributed by atoms with Gasteiger partial charge in [0.15, 0.2) is 10.9 Å². The number of rotatable bonds is 7. The second kappa shape index (κ2) is 9.34. The Bertz CT molecular complexity index is 675. The first kappa shape index (κ1) is 19.1. The van der Waals surface area contributed by atoms with E-state index in [0.29, 0.717) is 18.5 Å². The Morgan fingerprint density at radius 2 is 2.15 bits per heavy atom. The lowest BCUT2D eigenvalue weighted by atomic mass is 10.0. The lowest BCUT2D eigenvalue weighted by Gasteiger charge is -2.35. The highest BCUT2D eigenvalue weighted by molar-refractivity contribution is 7.15. The molecule has 7 nitrogen and oxygen atoms in total. The van der Waals surface area contributed by atoms with Crippen molar-refractivity contribution in [1.29, 1.82) is 0 Å². The fourth-order valence-corrected chi connectivity index (χ4v) is 4.04. The number of imidazole rings is 1. The molecule has 0 aliphatic carbocycles. The normalized spacial score (nSPS) is 17.8. The number of nitrogens with zero attached hydrogens (tertiary/aromatic N) is 4. The molecule has 1 atom stereocenters. The summed E-state index contributed by atoms with van der Waals surface area (Å²) in [6.07, 6.45) is 5.26.